The minimum absolute atomic E-state index is 0.151. The molecule has 0 aliphatic heterocycles. The van der Waals surface area contributed by atoms with E-state index in [2.05, 4.69) is 6.58 Å². The van der Waals surface area contributed by atoms with Crippen LogP contribution in [0.25, 0.3) is 0 Å². The molecule has 0 saturated carbocycles. The predicted octanol–water partition coefficient (Wildman–Crippen LogP) is 1.09. The van der Waals surface area contributed by atoms with Crippen molar-refractivity contribution in [1.82, 2.24) is 0 Å². The van der Waals surface area contributed by atoms with Gasteiger partial charge in [-0.1, -0.05) is 18.9 Å². The SMILES string of the molecule is C=CCCCCCC(CO)(CO)CO. The zero-order chi connectivity index (χ0) is 10.9. The van der Waals surface area contributed by atoms with E-state index in [4.69, 9.17) is 15.3 Å². The number of aliphatic hydroxyl groups is 3. The molecule has 0 aliphatic rings. The summed E-state index contributed by atoms with van der Waals surface area (Å²) in [5, 5.41) is 27.1. The predicted molar refractivity (Wildman–Crippen MR) is 57.0 cm³/mol. The van der Waals surface area contributed by atoms with Gasteiger partial charge in [0.2, 0.25) is 0 Å². The molecule has 3 heteroatoms. The third kappa shape index (κ3) is 4.74. The fourth-order valence-electron chi connectivity index (χ4n) is 1.35. The number of allylic oxidation sites excluding steroid dienone is 1. The van der Waals surface area contributed by atoms with Gasteiger partial charge in [-0.2, -0.15) is 0 Å². The van der Waals surface area contributed by atoms with Crippen molar-refractivity contribution in [3.05, 3.63) is 12.7 Å². The lowest BCUT2D eigenvalue weighted by Gasteiger charge is -2.27. The van der Waals surface area contributed by atoms with Crippen LogP contribution < -0.4 is 0 Å². The van der Waals surface area contributed by atoms with Crippen LogP contribution in [-0.2, 0) is 0 Å². The van der Waals surface area contributed by atoms with Gasteiger partial charge in [0.1, 0.15) is 0 Å². The minimum atomic E-state index is -0.686. The van der Waals surface area contributed by atoms with Crippen LogP contribution in [0.2, 0.25) is 0 Å². The Hall–Kier alpha value is -0.380. The molecule has 0 aliphatic carbocycles. The highest BCUT2D eigenvalue weighted by Gasteiger charge is 2.26. The summed E-state index contributed by atoms with van der Waals surface area (Å²) in [6.07, 6.45) is 6.63. The van der Waals surface area contributed by atoms with Crippen molar-refractivity contribution in [2.45, 2.75) is 32.1 Å². The third-order valence-electron chi connectivity index (χ3n) is 2.62. The Morgan fingerprint density at radius 3 is 1.93 bits per heavy atom. The molecule has 14 heavy (non-hydrogen) atoms. The molecule has 0 aromatic carbocycles. The van der Waals surface area contributed by atoms with Gasteiger partial charge in [-0.15, -0.1) is 6.58 Å². The van der Waals surface area contributed by atoms with Crippen molar-refractivity contribution >= 4 is 0 Å². The fraction of sp³-hybridized carbons (Fsp3) is 0.818. The Kier molecular flexibility index (Phi) is 7.76. The number of hydrogen-bond acceptors (Lipinski definition) is 3. The summed E-state index contributed by atoms with van der Waals surface area (Å²) < 4.78 is 0. The molecule has 3 N–H and O–H groups in total. The molecule has 0 saturated heterocycles. The van der Waals surface area contributed by atoms with E-state index in [1.165, 1.54) is 0 Å². The maximum Gasteiger partial charge on any atom is 0.0531 e. The van der Waals surface area contributed by atoms with Crippen molar-refractivity contribution in [3.8, 4) is 0 Å². The summed E-state index contributed by atoms with van der Waals surface area (Å²) in [5.74, 6) is 0. The highest BCUT2D eigenvalue weighted by Crippen LogP contribution is 2.23. The highest BCUT2D eigenvalue weighted by molar-refractivity contribution is 4.77. The molecule has 0 aromatic rings. The van der Waals surface area contributed by atoms with Crippen LogP contribution in [-0.4, -0.2) is 35.1 Å². The molecular formula is C11H22O3. The Bertz CT molecular complexity index is 133. The zero-order valence-corrected chi connectivity index (χ0v) is 8.78. The molecular weight excluding hydrogens is 180 g/mol. The van der Waals surface area contributed by atoms with Gasteiger partial charge in [-0.3, -0.25) is 0 Å². The number of unbranched alkanes of at least 4 members (excludes halogenated alkanes) is 3. The lowest BCUT2D eigenvalue weighted by molar-refractivity contribution is -0.00226. The zero-order valence-electron chi connectivity index (χ0n) is 8.78. The molecule has 0 fully saturated rings. The second-order valence-corrected chi connectivity index (χ2v) is 3.86. The molecule has 0 amide bonds. The van der Waals surface area contributed by atoms with E-state index in [1.54, 1.807) is 0 Å². The van der Waals surface area contributed by atoms with Gasteiger partial charge >= 0.3 is 0 Å². The second kappa shape index (κ2) is 7.97. The van der Waals surface area contributed by atoms with Crippen LogP contribution in [0.15, 0.2) is 12.7 Å². The number of aliphatic hydroxyl groups excluding tert-OH is 3. The summed E-state index contributed by atoms with van der Waals surface area (Å²) in [5.41, 5.74) is -0.686. The maximum atomic E-state index is 9.04. The first-order valence-electron chi connectivity index (χ1n) is 5.18. The monoisotopic (exact) mass is 202 g/mol. The molecule has 0 spiro atoms. The molecule has 3 nitrogen and oxygen atoms in total. The first-order chi connectivity index (χ1) is 6.74. The van der Waals surface area contributed by atoms with Gasteiger partial charge in [0, 0.05) is 5.41 Å². The van der Waals surface area contributed by atoms with Crippen molar-refractivity contribution in [3.63, 3.8) is 0 Å². The summed E-state index contributed by atoms with van der Waals surface area (Å²) >= 11 is 0. The lowest BCUT2D eigenvalue weighted by Crippen LogP contribution is -2.33. The normalized spacial score (nSPS) is 11.6. The third-order valence-corrected chi connectivity index (χ3v) is 2.62. The highest BCUT2D eigenvalue weighted by atomic mass is 16.3. The van der Waals surface area contributed by atoms with E-state index < -0.39 is 5.41 Å². The van der Waals surface area contributed by atoms with Crippen molar-refractivity contribution < 1.29 is 15.3 Å². The van der Waals surface area contributed by atoms with Crippen LogP contribution in [0.3, 0.4) is 0 Å². The molecule has 0 heterocycles. The summed E-state index contributed by atoms with van der Waals surface area (Å²) in [7, 11) is 0. The smallest absolute Gasteiger partial charge is 0.0531 e. The van der Waals surface area contributed by atoms with Crippen molar-refractivity contribution in [2.75, 3.05) is 19.8 Å². The largest absolute Gasteiger partial charge is 0.396 e. The Balaban J connectivity index is 3.65. The topological polar surface area (TPSA) is 60.7 Å². The van der Waals surface area contributed by atoms with Crippen molar-refractivity contribution in [2.24, 2.45) is 5.41 Å². The summed E-state index contributed by atoms with van der Waals surface area (Å²) in [6, 6.07) is 0. The summed E-state index contributed by atoms with van der Waals surface area (Å²) in [4.78, 5) is 0. The molecule has 0 bridgehead atoms. The minimum Gasteiger partial charge on any atom is -0.396 e. The van der Waals surface area contributed by atoms with Gasteiger partial charge in [-0.25, -0.2) is 0 Å². The van der Waals surface area contributed by atoms with Gasteiger partial charge < -0.3 is 15.3 Å². The molecule has 0 rings (SSSR count). The van der Waals surface area contributed by atoms with Gasteiger partial charge in [-0.05, 0) is 19.3 Å². The van der Waals surface area contributed by atoms with Gasteiger partial charge in [0.05, 0.1) is 19.8 Å². The van der Waals surface area contributed by atoms with E-state index in [9.17, 15) is 0 Å². The Labute approximate surface area is 86.1 Å². The van der Waals surface area contributed by atoms with Gasteiger partial charge in [0.25, 0.3) is 0 Å². The standard InChI is InChI=1S/C11H22O3/c1-2-3-4-5-6-7-11(8-12,9-13)10-14/h2,12-14H,1,3-10H2. The maximum absolute atomic E-state index is 9.04. The van der Waals surface area contributed by atoms with E-state index in [0.717, 1.165) is 25.7 Å². The average molecular weight is 202 g/mol. The molecule has 0 unspecified atom stereocenters. The van der Waals surface area contributed by atoms with E-state index in [1.807, 2.05) is 6.08 Å². The van der Waals surface area contributed by atoms with Crippen LogP contribution in [0.4, 0.5) is 0 Å². The molecule has 0 radical (unpaired) electrons. The van der Waals surface area contributed by atoms with E-state index in [-0.39, 0.29) is 19.8 Å². The Morgan fingerprint density at radius 2 is 1.50 bits per heavy atom. The Morgan fingerprint density at radius 1 is 0.929 bits per heavy atom. The first-order valence-corrected chi connectivity index (χ1v) is 5.18. The quantitative estimate of drug-likeness (QED) is 0.387. The van der Waals surface area contributed by atoms with Crippen LogP contribution in [0.5, 0.6) is 0 Å². The van der Waals surface area contributed by atoms with E-state index in [0.29, 0.717) is 6.42 Å². The second-order valence-electron chi connectivity index (χ2n) is 3.86. The molecule has 84 valence electrons. The van der Waals surface area contributed by atoms with Crippen LogP contribution >= 0.6 is 0 Å². The fourth-order valence-corrected chi connectivity index (χ4v) is 1.35. The van der Waals surface area contributed by atoms with Crippen LogP contribution in [0, 0.1) is 5.41 Å². The summed E-state index contributed by atoms with van der Waals surface area (Å²) in [6.45, 7) is 3.18. The molecule has 0 atom stereocenters. The van der Waals surface area contributed by atoms with Crippen molar-refractivity contribution in [1.29, 1.82) is 0 Å². The average Bonchev–Trinajstić information content (AvgIpc) is 2.24. The number of rotatable bonds is 9. The van der Waals surface area contributed by atoms with Gasteiger partial charge in [0.15, 0.2) is 0 Å². The first kappa shape index (κ1) is 13.6. The van der Waals surface area contributed by atoms with E-state index >= 15 is 0 Å². The van der Waals surface area contributed by atoms with Crippen LogP contribution in [0.1, 0.15) is 32.1 Å². The lowest BCUT2D eigenvalue weighted by atomic mass is 9.85. The number of hydrogen-bond donors (Lipinski definition) is 3. The molecule has 0 aromatic heterocycles.